The van der Waals surface area contributed by atoms with Gasteiger partial charge in [-0.2, -0.15) is 0 Å². The lowest BCUT2D eigenvalue weighted by Gasteiger charge is -2.13. The molecule has 62 valence electrons. The zero-order chi connectivity index (χ0) is 7.98. The highest BCUT2D eigenvalue weighted by Crippen LogP contribution is 2.09. The largest absolute Gasteiger partial charge is 0.394 e. The molecule has 2 atom stereocenters. The van der Waals surface area contributed by atoms with Gasteiger partial charge in [0.2, 0.25) is 0 Å². The van der Waals surface area contributed by atoms with E-state index >= 15 is 0 Å². The summed E-state index contributed by atoms with van der Waals surface area (Å²) in [7, 11) is 1.87. The van der Waals surface area contributed by atoms with Crippen LogP contribution in [0.2, 0.25) is 0 Å². The van der Waals surface area contributed by atoms with E-state index in [9.17, 15) is 0 Å². The Kier molecular flexibility index (Phi) is 6.71. The van der Waals surface area contributed by atoms with E-state index < -0.39 is 6.10 Å². The van der Waals surface area contributed by atoms with Crippen LogP contribution in [0.5, 0.6) is 0 Å². The molecule has 3 N–H and O–H groups in total. The molecule has 0 aromatic carbocycles. The summed E-state index contributed by atoms with van der Waals surface area (Å²) in [5.41, 5.74) is 0. The van der Waals surface area contributed by atoms with Gasteiger partial charge in [0.1, 0.15) is 0 Å². The zero-order valence-electron chi connectivity index (χ0n) is 6.05. The lowest BCUT2D eigenvalue weighted by Crippen LogP contribution is -2.27. The molecule has 0 aromatic rings. The predicted octanol–water partition coefficient (Wildman–Crippen LogP) is -0.247. The molecule has 0 amide bonds. The monoisotopic (exact) mass is 259 g/mol. The van der Waals surface area contributed by atoms with Gasteiger partial charge < -0.3 is 15.5 Å². The summed E-state index contributed by atoms with van der Waals surface area (Å²) >= 11 is 2.14. The molecule has 0 heterocycles. The molecule has 0 radical (unpaired) electrons. The van der Waals surface area contributed by atoms with Gasteiger partial charge in [0.05, 0.1) is 12.7 Å². The van der Waals surface area contributed by atoms with E-state index in [4.69, 9.17) is 10.2 Å². The van der Waals surface area contributed by atoms with E-state index in [0.717, 1.165) is 13.0 Å². The number of alkyl halides is 1. The summed E-state index contributed by atoms with van der Waals surface area (Å²) in [6, 6.07) is 0. The fourth-order valence-electron chi connectivity index (χ4n) is 0.589. The van der Waals surface area contributed by atoms with Gasteiger partial charge in [-0.3, -0.25) is 0 Å². The molecular formula is C6H14INO2. The summed E-state index contributed by atoms with van der Waals surface area (Å²) in [4.78, 5) is 0. The van der Waals surface area contributed by atoms with E-state index in [0.29, 0.717) is 0 Å². The van der Waals surface area contributed by atoms with E-state index in [-0.39, 0.29) is 10.5 Å². The van der Waals surface area contributed by atoms with E-state index in [1.807, 2.05) is 7.05 Å². The third kappa shape index (κ3) is 4.43. The van der Waals surface area contributed by atoms with Crippen LogP contribution in [-0.2, 0) is 0 Å². The predicted molar refractivity (Wildman–Crippen MR) is 49.4 cm³/mol. The van der Waals surface area contributed by atoms with E-state index in [2.05, 4.69) is 27.9 Å². The molecule has 0 fully saturated rings. The number of hydrogen-bond acceptors (Lipinski definition) is 3. The van der Waals surface area contributed by atoms with Crippen molar-refractivity contribution in [2.75, 3.05) is 20.2 Å². The first kappa shape index (κ1) is 10.6. The number of aliphatic hydroxyl groups is 2. The van der Waals surface area contributed by atoms with Crippen molar-refractivity contribution < 1.29 is 10.2 Å². The highest BCUT2D eigenvalue weighted by molar-refractivity contribution is 14.1. The molecule has 0 aromatic heterocycles. The average molecular weight is 259 g/mol. The minimum absolute atomic E-state index is 0.142. The fraction of sp³-hybridized carbons (Fsp3) is 1.00. The first-order valence-corrected chi connectivity index (χ1v) is 4.54. The molecule has 0 aliphatic rings. The molecule has 0 bridgehead atoms. The molecule has 4 heteroatoms. The van der Waals surface area contributed by atoms with Crippen LogP contribution in [0, 0.1) is 0 Å². The van der Waals surface area contributed by atoms with Crippen molar-refractivity contribution in [3.8, 4) is 0 Å². The van der Waals surface area contributed by atoms with Gasteiger partial charge in [0, 0.05) is 3.92 Å². The summed E-state index contributed by atoms with van der Waals surface area (Å²) in [5, 5.41) is 20.6. The van der Waals surface area contributed by atoms with Crippen molar-refractivity contribution in [2.24, 2.45) is 0 Å². The fourth-order valence-corrected chi connectivity index (χ4v) is 1.13. The number of hydrogen-bond donors (Lipinski definition) is 3. The second-order valence-corrected chi connectivity index (χ2v) is 3.76. The van der Waals surface area contributed by atoms with Gasteiger partial charge in [-0.15, -0.1) is 0 Å². The van der Waals surface area contributed by atoms with Gasteiger partial charge in [-0.1, -0.05) is 22.6 Å². The highest BCUT2D eigenvalue weighted by atomic mass is 127. The first-order valence-electron chi connectivity index (χ1n) is 3.30. The standard InChI is InChI=1S/C6H14INO2/c1-8-3-2-5(7)6(10)4-9/h5-6,8-10H,2-4H2,1H3. The van der Waals surface area contributed by atoms with Gasteiger partial charge in [-0.05, 0) is 20.0 Å². The maximum absolute atomic E-state index is 9.07. The van der Waals surface area contributed by atoms with Gasteiger partial charge in [0.25, 0.3) is 0 Å². The Hall–Kier alpha value is 0.610. The van der Waals surface area contributed by atoms with Gasteiger partial charge in [0.15, 0.2) is 0 Å². The molecule has 0 saturated carbocycles. The molecular weight excluding hydrogens is 245 g/mol. The molecule has 2 unspecified atom stereocenters. The lowest BCUT2D eigenvalue weighted by molar-refractivity contribution is 0.0949. The van der Waals surface area contributed by atoms with Crippen LogP contribution in [0.3, 0.4) is 0 Å². The third-order valence-electron chi connectivity index (χ3n) is 1.27. The topological polar surface area (TPSA) is 52.5 Å². The molecule has 3 nitrogen and oxygen atoms in total. The molecule has 0 spiro atoms. The van der Waals surface area contributed by atoms with Crippen molar-refractivity contribution in [1.29, 1.82) is 0 Å². The van der Waals surface area contributed by atoms with Crippen LogP contribution in [0.25, 0.3) is 0 Å². The SMILES string of the molecule is CNCCC(I)C(O)CO. The van der Waals surface area contributed by atoms with Crippen molar-refractivity contribution >= 4 is 22.6 Å². The number of halogens is 1. The molecule has 10 heavy (non-hydrogen) atoms. The van der Waals surface area contributed by atoms with Crippen LogP contribution < -0.4 is 5.32 Å². The van der Waals surface area contributed by atoms with Crippen LogP contribution >= 0.6 is 22.6 Å². The normalized spacial score (nSPS) is 16.8. The Morgan fingerprint density at radius 2 is 2.20 bits per heavy atom. The van der Waals surface area contributed by atoms with Crippen molar-refractivity contribution in [3.63, 3.8) is 0 Å². The Bertz CT molecular complexity index is 82.1. The Labute approximate surface area is 75.0 Å². The van der Waals surface area contributed by atoms with Crippen LogP contribution in [-0.4, -0.2) is 40.4 Å². The molecule has 0 saturated heterocycles. The second-order valence-electron chi connectivity index (χ2n) is 2.16. The first-order chi connectivity index (χ1) is 4.72. The summed E-state index contributed by atoms with van der Waals surface area (Å²) < 4.78 is 0.148. The molecule has 0 aliphatic carbocycles. The van der Waals surface area contributed by atoms with E-state index in [1.165, 1.54) is 0 Å². The van der Waals surface area contributed by atoms with Gasteiger partial charge >= 0.3 is 0 Å². The maximum atomic E-state index is 9.07. The van der Waals surface area contributed by atoms with Crippen LogP contribution in [0.4, 0.5) is 0 Å². The minimum Gasteiger partial charge on any atom is -0.394 e. The Balaban J connectivity index is 3.31. The number of rotatable bonds is 5. The average Bonchev–Trinajstić information content (AvgIpc) is 1.98. The van der Waals surface area contributed by atoms with Crippen molar-refractivity contribution in [3.05, 3.63) is 0 Å². The lowest BCUT2D eigenvalue weighted by atomic mass is 10.2. The highest BCUT2D eigenvalue weighted by Gasteiger charge is 2.13. The Morgan fingerprint density at radius 3 is 2.60 bits per heavy atom. The minimum atomic E-state index is -0.575. The van der Waals surface area contributed by atoms with Crippen LogP contribution in [0.15, 0.2) is 0 Å². The second kappa shape index (κ2) is 6.33. The van der Waals surface area contributed by atoms with Gasteiger partial charge in [-0.25, -0.2) is 0 Å². The molecule has 0 rings (SSSR count). The van der Waals surface area contributed by atoms with Crippen molar-refractivity contribution in [2.45, 2.75) is 16.4 Å². The zero-order valence-corrected chi connectivity index (χ0v) is 8.21. The quantitative estimate of drug-likeness (QED) is 0.471. The number of aliphatic hydroxyl groups excluding tert-OH is 2. The third-order valence-corrected chi connectivity index (χ3v) is 2.73. The number of nitrogens with one attached hydrogen (secondary N) is 1. The summed E-state index contributed by atoms with van der Waals surface area (Å²) in [6.45, 7) is 0.738. The van der Waals surface area contributed by atoms with Crippen LogP contribution in [0.1, 0.15) is 6.42 Å². The molecule has 0 aliphatic heterocycles. The summed E-state index contributed by atoms with van der Waals surface area (Å²) in [5.74, 6) is 0. The summed E-state index contributed by atoms with van der Waals surface area (Å²) in [6.07, 6.45) is 0.313. The van der Waals surface area contributed by atoms with E-state index in [1.54, 1.807) is 0 Å². The maximum Gasteiger partial charge on any atom is 0.0888 e. The Morgan fingerprint density at radius 1 is 1.60 bits per heavy atom. The smallest absolute Gasteiger partial charge is 0.0888 e. The van der Waals surface area contributed by atoms with Crippen molar-refractivity contribution in [1.82, 2.24) is 5.32 Å².